The van der Waals surface area contributed by atoms with E-state index in [1.165, 1.54) is 4.90 Å². The number of carbonyl (C=O) groups excluding carboxylic acids is 2. The molecule has 0 aliphatic carbocycles. The molecule has 2 aromatic carbocycles. The Morgan fingerprint density at radius 3 is 2.77 bits per heavy atom. The predicted octanol–water partition coefficient (Wildman–Crippen LogP) is 3.21. The van der Waals surface area contributed by atoms with Crippen LogP contribution in [0.4, 0.5) is 8.78 Å². The van der Waals surface area contributed by atoms with Crippen molar-refractivity contribution in [2.24, 2.45) is 0 Å². The number of nitrogens with zero attached hydrogens (tertiary/aromatic N) is 2. The van der Waals surface area contributed by atoms with Crippen molar-refractivity contribution in [1.82, 2.24) is 9.80 Å². The van der Waals surface area contributed by atoms with E-state index in [1.54, 1.807) is 11.9 Å². The highest BCUT2D eigenvalue weighted by Gasteiger charge is 2.46. The number of rotatable bonds is 3. The lowest BCUT2D eigenvalue weighted by atomic mass is 9.91. The van der Waals surface area contributed by atoms with Crippen LogP contribution in [0, 0.1) is 11.6 Å². The molecule has 1 atom stereocenters. The number of aryl methyl sites for hydroxylation is 1. The molecule has 2 aliphatic heterocycles. The van der Waals surface area contributed by atoms with Crippen LogP contribution in [0.15, 0.2) is 42.5 Å². The van der Waals surface area contributed by atoms with Crippen molar-refractivity contribution in [3.05, 3.63) is 59.7 Å². The number of amides is 2. The average molecular weight is 489 g/mol. The van der Waals surface area contributed by atoms with Gasteiger partial charge in [-0.05, 0) is 49.4 Å². The molecule has 1 saturated heterocycles. The monoisotopic (exact) mass is 488 g/mol. The first-order chi connectivity index (χ1) is 16.9. The van der Waals surface area contributed by atoms with E-state index in [0.29, 0.717) is 32.2 Å². The SMILES string of the molecule is CN1CCOc2ccccc2CCCCC2(CN(C(=O)COc3ccc(F)cc3F)CCO2)C1=O. The average Bonchev–Trinajstić information content (AvgIpc) is 2.85. The molecule has 0 bridgehead atoms. The van der Waals surface area contributed by atoms with Crippen LogP contribution < -0.4 is 9.47 Å². The Kier molecular flexibility index (Phi) is 7.85. The zero-order valence-electron chi connectivity index (χ0n) is 19.8. The summed E-state index contributed by atoms with van der Waals surface area (Å²) in [5.74, 6) is -1.56. The Morgan fingerprint density at radius 1 is 1.11 bits per heavy atom. The van der Waals surface area contributed by atoms with Gasteiger partial charge in [0.05, 0.1) is 19.7 Å². The van der Waals surface area contributed by atoms with Gasteiger partial charge in [-0.25, -0.2) is 8.78 Å². The Balaban J connectivity index is 1.44. The van der Waals surface area contributed by atoms with E-state index in [-0.39, 0.29) is 24.8 Å². The predicted molar refractivity (Wildman–Crippen MR) is 124 cm³/mol. The number of para-hydroxylation sites is 1. The molecule has 2 aliphatic rings. The number of morpholine rings is 1. The van der Waals surface area contributed by atoms with Gasteiger partial charge in [-0.3, -0.25) is 9.59 Å². The van der Waals surface area contributed by atoms with Crippen molar-refractivity contribution in [1.29, 1.82) is 0 Å². The molecule has 9 heteroatoms. The highest BCUT2D eigenvalue weighted by molar-refractivity contribution is 5.87. The lowest BCUT2D eigenvalue weighted by Crippen LogP contribution is -2.61. The van der Waals surface area contributed by atoms with Crippen molar-refractivity contribution in [3.63, 3.8) is 0 Å². The Hall–Kier alpha value is -3.20. The lowest BCUT2D eigenvalue weighted by Gasteiger charge is -2.43. The molecule has 0 radical (unpaired) electrons. The largest absolute Gasteiger partial charge is 0.491 e. The summed E-state index contributed by atoms with van der Waals surface area (Å²) in [5.41, 5.74) is -0.0367. The molecule has 4 rings (SSSR count). The smallest absolute Gasteiger partial charge is 0.260 e. The van der Waals surface area contributed by atoms with Crippen molar-refractivity contribution in [2.75, 3.05) is 46.5 Å². The highest BCUT2D eigenvalue weighted by atomic mass is 19.1. The first-order valence-electron chi connectivity index (χ1n) is 11.8. The lowest BCUT2D eigenvalue weighted by molar-refractivity contribution is -0.176. The zero-order chi connectivity index (χ0) is 24.8. The van der Waals surface area contributed by atoms with Crippen LogP contribution >= 0.6 is 0 Å². The third-order valence-corrected chi connectivity index (χ3v) is 6.45. The van der Waals surface area contributed by atoms with Crippen LogP contribution in [0.25, 0.3) is 0 Å². The molecule has 1 spiro atoms. The van der Waals surface area contributed by atoms with Gasteiger partial charge in [0.25, 0.3) is 11.8 Å². The number of fused-ring (bicyclic) bond motifs is 1. The van der Waals surface area contributed by atoms with Crippen LogP contribution in [0.2, 0.25) is 0 Å². The second kappa shape index (κ2) is 11.0. The van der Waals surface area contributed by atoms with Crippen molar-refractivity contribution in [3.8, 4) is 11.5 Å². The third-order valence-electron chi connectivity index (χ3n) is 6.45. The van der Waals surface area contributed by atoms with Crippen LogP contribution in [0.1, 0.15) is 24.8 Å². The van der Waals surface area contributed by atoms with Crippen molar-refractivity contribution in [2.45, 2.75) is 31.3 Å². The zero-order valence-corrected chi connectivity index (χ0v) is 19.8. The maximum atomic E-state index is 13.9. The van der Waals surface area contributed by atoms with Crippen LogP contribution in [-0.2, 0) is 20.7 Å². The van der Waals surface area contributed by atoms with Crippen LogP contribution in [0.3, 0.4) is 0 Å². The molecule has 35 heavy (non-hydrogen) atoms. The van der Waals surface area contributed by atoms with Gasteiger partial charge in [-0.2, -0.15) is 0 Å². The molecule has 0 saturated carbocycles. The fraction of sp³-hybridized carbons (Fsp3) is 0.462. The van der Waals surface area contributed by atoms with E-state index >= 15 is 0 Å². The molecule has 1 unspecified atom stereocenters. The summed E-state index contributed by atoms with van der Waals surface area (Å²) in [6, 6.07) is 10.8. The number of benzene rings is 2. The van der Waals surface area contributed by atoms with Gasteiger partial charge in [0, 0.05) is 19.7 Å². The van der Waals surface area contributed by atoms with Crippen molar-refractivity contribution >= 4 is 11.8 Å². The molecule has 188 valence electrons. The minimum Gasteiger partial charge on any atom is -0.491 e. The number of hydrogen-bond acceptors (Lipinski definition) is 5. The highest BCUT2D eigenvalue weighted by Crippen LogP contribution is 2.29. The third kappa shape index (κ3) is 5.90. The van der Waals surface area contributed by atoms with Gasteiger partial charge < -0.3 is 24.0 Å². The van der Waals surface area contributed by atoms with Gasteiger partial charge in [0.2, 0.25) is 0 Å². The summed E-state index contributed by atoms with van der Waals surface area (Å²) in [7, 11) is 1.70. The Morgan fingerprint density at radius 2 is 1.94 bits per heavy atom. The van der Waals surface area contributed by atoms with Crippen molar-refractivity contribution < 1.29 is 32.6 Å². The molecule has 2 aromatic rings. The fourth-order valence-corrected chi connectivity index (χ4v) is 4.53. The molecule has 7 nitrogen and oxygen atoms in total. The summed E-state index contributed by atoms with van der Waals surface area (Å²) in [4.78, 5) is 29.5. The van der Waals surface area contributed by atoms with Crippen LogP contribution in [-0.4, -0.2) is 73.7 Å². The first-order valence-corrected chi connectivity index (χ1v) is 11.8. The second-order valence-corrected chi connectivity index (χ2v) is 8.91. The van der Waals surface area contributed by atoms with Gasteiger partial charge in [0.1, 0.15) is 18.2 Å². The van der Waals surface area contributed by atoms with E-state index in [1.807, 2.05) is 24.3 Å². The number of ether oxygens (including phenoxy) is 3. The van der Waals surface area contributed by atoms with E-state index in [0.717, 1.165) is 42.7 Å². The van der Waals surface area contributed by atoms with Gasteiger partial charge >= 0.3 is 0 Å². The molecule has 1 fully saturated rings. The van der Waals surface area contributed by atoms with Gasteiger partial charge in [-0.15, -0.1) is 0 Å². The maximum Gasteiger partial charge on any atom is 0.260 e. The topological polar surface area (TPSA) is 68.3 Å². The molecule has 0 aromatic heterocycles. The van der Waals surface area contributed by atoms with E-state index in [9.17, 15) is 18.4 Å². The van der Waals surface area contributed by atoms with E-state index < -0.39 is 29.7 Å². The molecular weight excluding hydrogens is 458 g/mol. The number of halogens is 2. The first kappa shape index (κ1) is 24.9. The van der Waals surface area contributed by atoms with E-state index in [4.69, 9.17) is 14.2 Å². The molecule has 2 amide bonds. The molecular formula is C26H30F2N2O5. The maximum absolute atomic E-state index is 13.9. The molecule has 0 N–H and O–H groups in total. The van der Waals surface area contributed by atoms with Gasteiger partial charge in [0.15, 0.2) is 23.8 Å². The minimum absolute atomic E-state index is 0.0850. The standard InChI is InChI=1S/C26H30F2N2O5/c1-29-12-14-33-22-8-3-2-6-19(22)7-4-5-11-26(25(29)32)18-30(13-15-35-26)24(31)17-34-23-10-9-20(27)16-21(23)28/h2-3,6,8-10,16H,4-5,7,11-15,17-18H2,1H3. The second-order valence-electron chi connectivity index (χ2n) is 8.91. The summed E-state index contributed by atoms with van der Waals surface area (Å²) in [6.07, 6.45) is 2.85. The number of hydrogen-bond donors (Lipinski definition) is 0. The summed E-state index contributed by atoms with van der Waals surface area (Å²) in [5, 5.41) is 0. The minimum atomic E-state index is -1.16. The fourth-order valence-electron chi connectivity index (χ4n) is 4.53. The van der Waals surface area contributed by atoms with Crippen LogP contribution in [0.5, 0.6) is 11.5 Å². The Labute approximate surface area is 203 Å². The normalized spacial score (nSPS) is 21.5. The molecule has 2 heterocycles. The number of carbonyl (C=O) groups is 2. The van der Waals surface area contributed by atoms with Gasteiger partial charge in [-0.1, -0.05) is 18.2 Å². The quantitative estimate of drug-likeness (QED) is 0.664. The summed E-state index contributed by atoms with van der Waals surface area (Å²) >= 11 is 0. The van der Waals surface area contributed by atoms with E-state index in [2.05, 4.69) is 0 Å². The number of likely N-dealkylation sites (N-methyl/N-ethyl adjacent to an activating group) is 1. The summed E-state index contributed by atoms with van der Waals surface area (Å²) < 4.78 is 44.3. The Bertz CT molecular complexity index is 1070. The summed E-state index contributed by atoms with van der Waals surface area (Å²) in [6.45, 7) is 0.877.